The summed E-state index contributed by atoms with van der Waals surface area (Å²) in [5, 5.41) is 1.40. The Kier molecular flexibility index (Phi) is 7.84. The summed E-state index contributed by atoms with van der Waals surface area (Å²) in [6.45, 7) is 2.65. The molecule has 0 N–H and O–H groups in total. The van der Waals surface area contributed by atoms with Gasteiger partial charge in [-0.3, -0.25) is 0 Å². The van der Waals surface area contributed by atoms with Gasteiger partial charge in [0.2, 0.25) is 5.90 Å². The molecular weight excluding hydrogens is 565 g/mol. The van der Waals surface area contributed by atoms with Gasteiger partial charge < -0.3 is 14.2 Å². The molecule has 1 aliphatic heterocycles. The van der Waals surface area contributed by atoms with Crippen LogP contribution in [0.3, 0.4) is 0 Å². The summed E-state index contributed by atoms with van der Waals surface area (Å²) in [7, 11) is 0. The van der Waals surface area contributed by atoms with Crippen LogP contribution in [0.15, 0.2) is 69.8 Å². The molecular formula is C25H17BrCl3NO4. The van der Waals surface area contributed by atoms with Gasteiger partial charge in [-0.05, 0) is 82.5 Å². The number of carbonyl (C=O) groups excluding carboxylic acids is 1. The van der Waals surface area contributed by atoms with E-state index in [4.69, 9.17) is 49.0 Å². The maximum Gasteiger partial charge on any atom is 0.363 e. The van der Waals surface area contributed by atoms with Crippen LogP contribution in [0.1, 0.15) is 23.6 Å². The third-order valence-corrected chi connectivity index (χ3v) is 6.30. The number of carbonyl (C=O) groups is 1. The van der Waals surface area contributed by atoms with Gasteiger partial charge in [0.1, 0.15) is 6.61 Å². The molecule has 0 radical (unpaired) electrons. The number of ether oxygens (including phenoxy) is 3. The lowest BCUT2D eigenvalue weighted by atomic mass is 10.1. The molecule has 0 bridgehead atoms. The molecule has 0 aliphatic carbocycles. The highest BCUT2D eigenvalue weighted by atomic mass is 79.9. The Morgan fingerprint density at radius 1 is 1.00 bits per heavy atom. The number of rotatable bonds is 7. The van der Waals surface area contributed by atoms with Crippen molar-refractivity contribution in [1.82, 2.24) is 0 Å². The number of hydrogen-bond donors (Lipinski definition) is 0. The smallest absolute Gasteiger partial charge is 0.363 e. The van der Waals surface area contributed by atoms with Crippen LogP contribution < -0.4 is 9.47 Å². The molecule has 1 aliphatic rings. The van der Waals surface area contributed by atoms with Crippen LogP contribution in [0.4, 0.5) is 0 Å². The molecule has 0 amide bonds. The first-order valence-corrected chi connectivity index (χ1v) is 12.1. The van der Waals surface area contributed by atoms with Crippen molar-refractivity contribution in [2.45, 2.75) is 13.5 Å². The Morgan fingerprint density at radius 3 is 2.47 bits per heavy atom. The zero-order valence-corrected chi connectivity index (χ0v) is 21.6. The van der Waals surface area contributed by atoms with Crippen molar-refractivity contribution in [3.05, 3.63) is 96.5 Å². The van der Waals surface area contributed by atoms with E-state index in [2.05, 4.69) is 20.9 Å². The maximum atomic E-state index is 12.4. The van der Waals surface area contributed by atoms with Crippen molar-refractivity contribution in [2.75, 3.05) is 6.61 Å². The maximum absolute atomic E-state index is 12.4. The predicted molar refractivity (Wildman–Crippen MR) is 138 cm³/mol. The third kappa shape index (κ3) is 5.76. The van der Waals surface area contributed by atoms with Crippen LogP contribution in [0.5, 0.6) is 11.5 Å². The van der Waals surface area contributed by atoms with E-state index in [0.29, 0.717) is 55.4 Å². The van der Waals surface area contributed by atoms with Gasteiger partial charge in [0.05, 0.1) is 21.1 Å². The van der Waals surface area contributed by atoms with Crippen LogP contribution in [0.25, 0.3) is 6.08 Å². The number of benzene rings is 3. The predicted octanol–water partition coefficient (Wildman–Crippen LogP) is 7.73. The van der Waals surface area contributed by atoms with E-state index in [1.165, 1.54) is 0 Å². The van der Waals surface area contributed by atoms with Crippen molar-refractivity contribution in [1.29, 1.82) is 0 Å². The molecule has 0 unspecified atom stereocenters. The van der Waals surface area contributed by atoms with Crippen molar-refractivity contribution < 1.29 is 19.0 Å². The number of esters is 1. The lowest BCUT2D eigenvalue weighted by Gasteiger charge is -2.15. The van der Waals surface area contributed by atoms with Crippen molar-refractivity contribution in [3.8, 4) is 11.5 Å². The monoisotopic (exact) mass is 579 g/mol. The van der Waals surface area contributed by atoms with Gasteiger partial charge in [-0.1, -0.05) is 46.9 Å². The second kappa shape index (κ2) is 10.8. The zero-order valence-electron chi connectivity index (χ0n) is 17.8. The molecule has 3 aromatic carbocycles. The second-order valence-electron chi connectivity index (χ2n) is 7.14. The van der Waals surface area contributed by atoms with Gasteiger partial charge in [-0.2, -0.15) is 0 Å². The molecule has 4 rings (SSSR count). The highest BCUT2D eigenvalue weighted by Crippen LogP contribution is 2.38. The van der Waals surface area contributed by atoms with E-state index in [1.807, 2.05) is 37.3 Å². The van der Waals surface area contributed by atoms with Crippen LogP contribution >= 0.6 is 50.7 Å². The first-order chi connectivity index (χ1) is 16.3. The van der Waals surface area contributed by atoms with Gasteiger partial charge in [0, 0.05) is 10.6 Å². The Balaban J connectivity index is 1.61. The first-order valence-electron chi connectivity index (χ1n) is 10.2. The lowest BCUT2D eigenvalue weighted by molar-refractivity contribution is -0.129. The van der Waals surface area contributed by atoms with Crippen LogP contribution in [0.2, 0.25) is 15.1 Å². The molecule has 3 aromatic rings. The van der Waals surface area contributed by atoms with Crippen LogP contribution in [-0.4, -0.2) is 18.5 Å². The average Bonchev–Trinajstić information content (AvgIpc) is 3.16. The van der Waals surface area contributed by atoms with E-state index in [1.54, 1.807) is 30.3 Å². The van der Waals surface area contributed by atoms with Gasteiger partial charge in [0.25, 0.3) is 0 Å². The summed E-state index contributed by atoms with van der Waals surface area (Å²) in [6, 6.07) is 15.9. The molecule has 1 heterocycles. The molecule has 0 spiro atoms. The minimum Gasteiger partial charge on any atom is -0.490 e. The normalized spacial score (nSPS) is 14.2. The standard InChI is InChI=1S/C25H17BrCl3NO4/c1-2-32-22-11-15(9-18(26)23(22)33-13-14-3-6-17(27)7-4-14)10-21-25(31)34-24(30-21)16-5-8-19(28)20(29)12-16/h3-12H,2,13H2,1H3/b21-10-. The summed E-state index contributed by atoms with van der Waals surface area (Å²) in [6.07, 6.45) is 1.61. The molecule has 0 atom stereocenters. The molecule has 174 valence electrons. The SMILES string of the molecule is CCOc1cc(/C=C2\N=C(c3ccc(Cl)c(Cl)c3)OC2=O)cc(Br)c1OCc1ccc(Cl)cc1. The Hall–Kier alpha value is -2.51. The van der Waals surface area contributed by atoms with Crippen LogP contribution in [-0.2, 0) is 16.1 Å². The van der Waals surface area contributed by atoms with E-state index >= 15 is 0 Å². The van der Waals surface area contributed by atoms with E-state index < -0.39 is 5.97 Å². The Labute approximate surface area is 220 Å². The number of cyclic esters (lactones) is 1. The summed E-state index contributed by atoms with van der Waals surface area (Å²) < 4.78 is 17.8. The Bertz CT molecular complexity index is 1310. The van der Waals surface area contributed by atoms with Gasteiger partial charge in [-0.25, -0.2) is 9.79 Å². The summed E-state index contributed by atoms with van der Waals surface area (Å²) in [4.78, 5) is 16.7. The number of halogens is 4. The molecule has 0 saturated carbocycles. The average molecular weight is 582 g/mol. The first kappa shape index (κ1) is 24.6. The molecule has 5 nitrogen and oxygen atoms in total. The fourth-order valence-electron chi connectivity index (χ4n) is 3.13. The van der Waals surface area contributed by atoms with Crippen molar-refractivity contribution in [3.63, 3.8) is 0 Å². The third-order valence-electron chi connectivity index (χ3n) is 4.72. The van der Waals surface area contributed by atoms with Crippen LogP contribution in [0, 0.1) is 0 Å². The zero-order chi connectivity index (χ0) is 24.2. The largest absolute Gasteiger partial charge is 0.490 e. The number of aliphatic imine (C=N–C) groups is 1. The number of nitrogens with zero attached hydrogens (tertiary/aromatic N) is 1. The summed E-state index contributed by atoms with van der Waals surface area (Å²) >= 11 is 21.5. The minimum atomic E-state index is -0.571. The van der Waals surface area contributed by atoms with E-state index in [0.717, 1.165) is 5.56 Å². The quantitative estimate of drug-likeness (QED) is 0.212. The minimum absolute atomic E-state index is 0.144. The molecule has 34 heavy (non-hydrogen) atoms. The van der Waals surface area contributed by atoms with Gasteiger partial charge >= 0.3 is 5.97 Å². The second-order valence-corrected chi connectivity index (χ2v) is 9.25. The molecule has 0 fully saturated rings. The topological polar surface area (TPSA) is 57.1 Å². The lowest BCUT2D eigenvalue weighted by Crippen LogP contribution is -2.05. The fourth-order valence-corrected chi connectivity index (χ4v) is 4.13. The summed E-state index contributed by atoms with van der Waals surface area (Å²) in [5.41, 5.74) is 2.33. The Morgan fingerprint density at radius 2 is 1.76 bits per heavy atom. The van der Waals surface area contributed by atoms with E-state index in [9.17, 15) is 4.79 Å². The van der Waals surface area contributed by atoms with Crippen molar-refractivity contribution >= 4 is 68.7 Å². The molecule has 9 heteroatoms. The highest BCUT2D eigenvalue weighted by molar-refractivity contribution is 9.10. The van der Waals surface area contributed by atoms with Gasteiger partial charge in [-0.15, -0.1) is 0 Å². The van der Waals surface area contributed by atoms with Gasteiger partial charge in [0.15, 0.2) is 17.2 Å². The molecule has 0 aromatic heterocycles. The summed E-state index contributed by atoms with van der Waals surface area (Å²) in [5.74, 6) is 0.658. The fraction of sp³-hybridized carbons (Fsp3) is 0.120. The molecule has 0 saturated heterocycles. The highest BCUT2D eigenvalue weighted by Gasteiger charge is 2.25. The number of hydrogen-bond acceptors (Lipinski definition) is 5. The van der Waals surface area contributed by atoms with Crippen molar-refractivity contribution in [2.24, 2.45) is 4.99 Å². The van der Waals surface area contributed by atoms with E-state index in [-0.39, 0.29) is 11.6 Å².